The zero-order valence-electron chi connectivity index (χ0n) is 26.8. The molecule has 0 bridgehead atoms. The van der Waals surface area contributed by atoms with E-state index >= 15 is 4.39 Å². The number of carbonyl (C=O) groups is 1. The minimum absolute atomic E-state index is 0.188. The fourth-order valence-corrected chi connectivity index (χ4v) is 7.25. The van der Waals surface area contributed by atoms with Crippen molar-refractivity contribution in [3.63, 3.8) is 0 Å². The van der Waals surface area contributed by atoms with Crippen LogP contribution in [0.2, 0.25) is 0 Å². The smallest absolute Gasteiger partial charge is 0.145 e. The SMILES string of the molecule is C=C(C)C=O.CCCCCc1ccc(-c2ccc(C3CCC(C4CCC(CC(CO)COC)CC4)CC3)c(F)c2)c(F)c1. The van der Waals surface area contributed by atoms with Gasteiger partial charge in [-0.05, 0) is 123 Å². The van der Waals surface area contributed by atoms with Crippen molar-refractivity contribution in [2.75, 3.05) is 20.3 Å². The zero-order chi connectivity index (χ0) is 31.2. The molecule has 0 saturated heterocycles. The summed E-state index contributed by atoms with van der Waals surface area (Å²) in [5.41, 5.74) is 3.51. The Morgan fingerprint density at radius 3 is 2.16 bits per heavy atom. The van der Waals surface area contributed by atoms with Crippen LogP contribution < -0.4 is 0 Å². The Hall–Kier alpha value is -2.37. The summed E-state index contributed by atoms with van der Waals surface area (Å²) in [5.74, 6) is 2.35. The van der Waals surface area contributed by atoms with Gasteiger partial charge in [0, 0.05) is 25.2 Å². The number of methoxy groups -OCH3 is 1. The predicted molar refractivity (Wildman–Crippen MR) is 173 cm³/mol. The Kier molecular flexibility index (Phi) is 15.1. The third-order valence-electron chi connectivity index (χ3n) is 9.71. The van der Waals surface area contributed by atoms with Gasteiger partial charge in [-0.2, -0.15) is 0 Å². The quantitative estimate of drug-likeness (QED) is 0.142. The van der Waals surface area contributed by atoms with E-state index in [4.69, 9.17) is 4.74 Å². The van der Waals surface area contributed by atoms with Crippen LogP contribution in [0.15, 0.2) is 48.6 Å². The van der Waals surface area contributed by atoms with Gasteiger partial charge in [0.1, 0.15) is 17.9 Å². The molecule has 2 saturated carbocycles. The lowest BCUT2D eigenvalue weighted by Gasteiger charge is -2.38. The standard InChI is InChI=1S/C34H48F2O2.C4H6O/c1-3-4-5-6-24-9-17-32(33(35)20-24)30-16-18-31(34(36)21-30)29-14-12-28(13-15-29)27-10-7-25(8-11-27)19-26(22-37)23-38-2;1-4(2)3-5/h9,16-18,20-21,25-29,37H,3-8,10-15,19,22-23H2,1-2H3;3H,1H2,2H3. The fourth-order valence-electron chi connectivity index (χ4n) is 7.25. The van der Waals surface area contributed by atoms with Gasteiger partial charge in [-0.25, -0.2) is 8.78 Å². The molecule has 43 heavy (non-hydrogen) atoms. The maximum Gasteiger partial charge on any atom is 0.145 e. The lowest BCUT2D eigenvalue weighted by Crippen LogP contribution is -2.27. The van der Waals surface area contributed by atoms with Gasteiger partial charge in [0.05, 0.1) is 6.61 Å². The molecule has 1 atom stereocenters. The van der Waals surface area contributed by atoms with Crippen LogP contribution in [-0.4, -0.2) is 31.7 Å². The highest BCUT2D eigenvalue weighted by Crippen LogP contribution is 2.45. The number of hydrogen-bond donors (Lipinski definition) is 1. The molecule has 0 aliphatic heterocycles. The third kappa shape index (κ3) is 10.9. The number of aliphatic hydroxyl groups is 1. The number of aliphatic hydroxyl groups excluding tert-OH is 1. The van der Waals surface area contributed by atoms with Gasteiger partial charge in [0.25, 0.3) is 0 Å². The van der Waals surface area contributed by atoms with Crippen LogP contribution in [0.1, 0.15) is 108 Å². The number of aryl methyl sites for hydroxylation is 1. The Morgan fingerprint density at radius 2 is 1.63 bits per heavy atom. The van der Waals surface area contributed by atoms with Gasteiger partial charge in [-0.3, -0.25) is 4.79 Å². The highest BCUT2D eigenvalue weighted by molar-refractivity contribution is 5.70. The number of rotatable bonds is 13. The maximum absolute atomic E-state index is 15.3. The Labute approximate surface area is 259 Å². The zero-order valence-corrected chi connectivity index (χ0v) is 26.8. The first-order valence-corrected chi connectivity index (χ1v) is 16.6. The molecule has 1 N–H and O–H groups in total. The minimum Gasteiger partial charge on any atom is -0.396 e. The van der Waals surface area contributed by atoms with Crippen LogP contribution in [0.25, 0.3) is 11.1 Å². The Bertz CT molecular complexity index is 1130. The van der Waals surface area contributed by atoms with Gasteiger partial charge in [-0.1, -0.05) is 63.5 Å². The first kappa shape index (κ1) is 35.1. The fraction of sp³-hybridized carbons (Fsp3) is 0.605. The summed E-state index contributed by atoms with van der Waals surface area (Å²) in [4.78, 5) is 9.41. The molecule has 2 fully saturated rings. The third-order valence-corrected chi connectivity index (χ3v) is 9.71. The Balaban J connectivity index is 0.000000934. The summed E-state index contributed by atoms with van der Waals surface area (Å²) in [6.07, 6.45) is 15.6. The second-order valence-corrected chi connectivity index (χ2v) is 13.1. The normalized spacial score (nSPS) is 22.7. The van der Waals surface area contributed by atoms with Crippen molar-refractivity contribution < 1.29 is 23.4 Å². The molecule has 1 unspecified atom stereocenters. The average molecular weight is 597 g/mol. The van der Waals surface area contributed by atoms with Crippen molar-refractivity contribution in [1.82, 2.24) is 0 Å². The highest BCUT2D eigenvalue weighted by atomic mass is 19.1. The average Bonchev–Trinajstić information content (AvgIpc) is 3.02. The van der Waals surface area contributed by atoms with Crippen molar-refractivity contribution in [1.29, 1.82) is 0 Å². The molecule has 2 aliphatic rings. The van der Waals surface area contributed by atoms with Gasteiger partial charge >= 0.3 is 0 Å². The van der Waals surface area contributed by atoms with Gasteiger partial charge < -0.3 is 9.84 Å². The lowest BCUT2D eigenvalue weighted by molar-refractivity contribution is -0.104. The molecule has 0 radical (unpaired) electrons. The Morgan fingerprint density at radius 1 is 0.977 bits per heavy atom. The molecule has 0 heterocycles. The molecule has 3 nitrogen and oxygen atoms in total. The minimum atomic E-state index is -0.257. The number of benzene rings is 2. The molecule has 2 aromatic carbocycles. The van der Waals surface area contributed by atoms with Gasteiger partial charge in [0.2, 0.25) is 0 Å². The number of halogens is 2. The van der Waals surface area contributed by atoms with E-state index in [1.165, 1.54) is 38.5 Å². The van der Waals surface area contributed by atoms with E-state index in [0.29, 0.717) is 29.2 Å². The molecule has 2 aliphatic carbocycles. The summed E-state index contributed by atoms with van der Waals surface area (Å²) in [7, 11) is 1.71. The monoisotopic (exact) mass is 596 g/mol. The largest absolute Gasteiger partial charge is 0.396 e. The summed E-state index contributed by atoms with van der Waals surface area (Å²) < 4.78 is 35.4. The summed E-state index contributed by atoms with van der Waals surface area (Å²) >= 11 is 0. The lowest BCUT2D eigenvalue weighted by atomic mass is 9.67. The summed E-state index contributed by atoms with van der Waals surface area (Å²) in [6.45, 7) is 8.00. The number of ether oxygens (including phenoxy) is 1. The van der Waals surface area contributed by atoms with Crippen LogP contribution in [0.5, 0.6) is 0 Å². The van der Waals surface area contributed by atoms with Crippen molar-refractivity contribution in [2.45, 2.75) is 103 Å². The topological polar surface area (TPSA) is 46.5 Å². The van der Waals surface area contributed by atoms with Crippen LogP contribution in [0, 0.1) is 35.3 Å². The number of aldehydes is 1. The predicted octanol–water partition coefficient (Wildman–Crippen LogP) is 9.85. The number of allylic oxidation sites excluding steroid dienone is 1. The second-order valence-electron chi connectivity index (χ2n) is 13.1. The molecule has 0 amide bonds. The molecular weight excluding hydrogens is 542 g/mol. The first-order valence-electron chi connectivity index (χ1n) is 16.6. The molecule has 0 spiro atoms. The first-order chi connectivity index (χ1) is 20.8. The van der Waals surface area contributed by atoms with Gasteiger partial charge in [0.15, 0.2) is 0 Å². The molecule has 4 rings (SSSR count). The van der Waals surface area contributed by atoms with E-state index < -0.39 is 0 Å². The van der Waals surface area contributed by atoms with Crippen LogP contribution in [0.3, 0.4) is 0 Å². The highest BCUT2D eigenvalue weighted by Gasteiger charge is 2.32. The molecule has 238 valence electrons. The van der Waals surface area contributed by atoms with Crippen LogP contribution >= 0.6 is 0 Å². The van der Waals surface area contributed by atoms with Crippen LogP contribution in [0.4, 0.5) is 8.78 Å². The second kappa shape index (κ2) is 18.4. The van der Waals surface area contributed by atoms with E-state index in [1.54, 1.807) is 26.2 Å². The number of unbranched alkanes of at least 4 members (excludes halogenated alkanes) is 2. The maximum atomic E-state index is 15.3. The van der Waals surface area contributed by atoms with E-state index in [0.717, 1.165) is 74.2 Å². The molecule has 5 heteroatoms. The molecule has 2 aromatic rings. The van der Waals surface area contributed by atoms with Crippen molar-refractivity contribution >= 4 is 6.29 Å². The van der Waals surface area contributed by atoms with Crippen molar-refractivity contribution in [3.05, 3.63) is 71.3 Å². The number of carbonyl (C=O) groups excluding carboxylic acids is 1. The van der Waals surface area contributed by atoms with E-state index in [2.05, 4.69) is 13.5 Å². The van der Waals surface area contributed by atoms with E-state index in [9.17, 15) is 14.3 Å². The summed E-state index contributed by atoms with van der Waals surface area (Å²) in [6, 6.07) is 10.8. The van der Waals surface area contributed by atoms with Crippen LogP contribution in [-0.2, 0) is 16.0 Å². The molecule has 0 aromatic heterocycles. The summed E-state index contributed by atoms with van der Waals surface area (Å²) in [5, 5.41) is 9.59. The molecular formula is C38H54F2O3. The van der Waals surface area contributed by atoms with E-state index in [1.807, 2.05) is 24.3 Å². The van der Waals surface area contributed by atoms with Crippen molar-refractivity contribution in [3.8, 4) is 11.1 Å². The van der Waals surface area contributed by atoms with E-state index in [-0.39, 0.29) is 30.1 Å². The van der Waals surface area contributed by atoms with Gasteiger partial charge in [-0.15, -0.1) is 0 Å². The van der Waals surface area contributed by atoms with Crippen molar-refractivity contribution in [2.24, 2.45) is 23.7 Å². The number of hydrogen-bond acceptors (Lipinski definition) is 3.